The summed E-state index contributed by atoms with van der Waals surface area (Å²) in [4.78, 5) is 0. The van der Waals surface area contributed by atoms with Crippen LogP contribution < -0.4 is 14.8 Å². The summed E-state index contributed by atoms with van der Waals surface area (Å²) in [5.41, 5.74) is 0.253. The van der Waals surface area contributed by atoms with E-state index in [4.69, 9.17) is 26.3 Å². The van der Waals surface area contributed by atoms with E-state index in [1.807, 2.05) is 0 Å². The van der Waals surface area contributed by atoms with Crippen molar-refractivity contribution in [2.75, 3.05) is 26.1 Å². The second kappa shape index (κ2) is 6.57. The standard InChI is InChI=1S/C12H12ClF3N2O2/c1-19-10-4-11(20-2)9(3-8(10)13)18-6-7(5-17)12(14,15)16/h3-4,7,18H,6H2,1-2H3. The van der Waals surface area contributed by atoms with Gasteiger partial charge < -0.3 is 14.8 Å². The number of nitrogens with zero attached hydrogens (tertiary/aromatic N) is 1. The highest BCUT2D eigenvalue weighted by Gasteiger charge is 2.39. The van der Waals surface area contributed by atoms with Crippen molar-refractivity contribution in [3.05, 3.63) is 17.2 Å². The molecule has 0 amide bonds. The van der Waals surface area contributed by atoms with Crippen LogP contribution in [-0.2, 0) is 0 Å². The Hall–Kier alpha value is -1.81. The van der Waals surface area contributed by atoms with E-state index >= 15 is 0 Å². The van der Waals surface area contributed by atoms with Gasteiger partial charge in [0, 0.05) is 12.6 Å². The van der Waals surface area contributed by atoms with Gasteiger partial charge in [-0.3, -0.25) is 0 Å². The molecule has 4 nitrogen and oxygen atoms in total. The molecule has 1 aromatic carbocycles. The summed E-state index contributed by atoms with van der Waals surface area (Å²) < 4.78 is 47.4. The first-order valence-corrected chi connectivity index (χ1v) is 5.83. The number of hydrogen-bond donors (Lipinski definition) is 1. The molecule has 0 saturated heterocycles. The minimum Gasteiger partial charge on any atom is -0.495 e. The van der Waals surface area contributed by atoms with E-state index in [9.17, 15) is 13.2 Å². The maximum Gasteiger partial charge on any atom is 0.406 e. The lowest BCUT2D eigenvalue weighted by atomic mass is 10.1. The minimum atomic E-state index is -4.59. The molecule has 0 aliphatic heterocycles. The number of rotatable bonds is 5. The molecule has 0 heterocycles. The van der Waals surface area contributed by atoms with Gasteiger partial charge >= 0.3 is 6.18 Å². The summed E-state index contributed by atoms with van der Waals surface area (Å²) in [5, 5.41) is 11.2. The monoisotopic (exact) mass is 308 g/mol. The second-order valence-corrected chi connectivity index (χ2v) is 4.20. The van der Waals surface area contributed by atoms with Gasteiger partial charge in [-0.1, -0.05) is 11.6 Å². The maximum absolute atomic E-state index is 12.5. The van der Waals surface area contributed by atoms with E-state index in [0.29, 0.717) is 5.75 Å². The molecule has 0 aromatic heterocycles. The molecule has 8 heteroatoms. The summed E-state index contributed by atoms with van der Waals surface area (Å²) >= 11 is 5.89. The predicted octanol–water partition coefficient (Wildman–Crippen LogP) is 3.47. The SMILES string of the molecule is COc1cc(OC)c(NCC(C#N)C(F)(F)F)cc1Cl. The van der Waals surface area contributed by atoms with Gasteiger partial charge in [0.25, 0.3) is 0 Å². The van der Waals surface area contributed by atoms with E-state index < -0.39 is 18.6 Å². The smallest absolute Gasteiger partial charge is 0.406 e. The molecular formula is C12H12ClF3N2O2. The molecule has 0 radical (unpaired) electrons. The number of nitrogens with one attached hydrogen (secondary N) is 1. The molecule has 1 N–H and O–H groups in total. The third-order valence-corrected chi connectivity index (χ3v) is 2.82. The Kier molecular flexibility index (Phi) is 5.34. The Morgan fingerprint density at radius 1 is 1.30 bits per heavy atom. The summed E-state index contributed by atoms with van der Waals surface area (Å²) in [6.07, 6.45) is -4.59. The third kappa shape index (κ3) is 3.84. The molecule has 0 aliphatic rings. The van der Waals surface area contributed by atoms with Crippen LogP contribution in [0, 0.1) is 17.2 Å². The first kappa shape index (κ1) is 16.2. The van der Waals surface area contributed by atoms with Gasteiger partial charge in [0.1, 0.15) is 11.5 Å². The highest BCUT2D eigenvalue weighted by molar-refractivity contribution is 6.32. The lowest BCUT2D eigenvalue weighted by molar-refractivity contribution is -0.155. The lowest BCUT2D eigenvalue weighted by Gasteiger charge is -2.17. The largest absolute Gasteiger partial charge is 0.495 e. The topological polar surface area (TPSA) is 54.3 Å². The van der Waals surface area contributed by atoms with E-state index in [0.717, 1.165) is 0 Å². The Balaban J connectivity index is 2.93. The quantitative estimate of drug-likeness (QED) is 0.905. The van der Waals surface area contributed by atoms with Crippen LogP contribution in [0.2, 0.25) is 5.02 Å². The highest BCUT2D eigenvalue weighted by atomic mass is 35.5. The van der Waals surface area contributed by atoms with E-state index in [1.54, 1.807) is 0 Å². The van der Waals surface area contributed by atoms with Crippen LogP contribution in [0.3, 0.4) is 0 Å². The first-order valence-electron chi connectivity index (χ1n) is 5.45. The van der Waals surface area contributed by atoms with Crippen molar-refractivity contribution in [2.45, 2.75) is 6.18 Å². The highest BCUT2D eigenvalue weighted by Crippen LogP contribution is 2.36. The van der Waals surface area contributed by atoms with Crippen LogP contribution >= 0.6 is 11.6 Å². The molecule has 1 atom stereocenters. The zero-order chi connectivity index (χ0) is 15.3. The van der Waals surface area contributed by atoms with Crippen molar-refractivity contribution in [1.29, 1.82) is 5.26 Å². The molecule has 0 bridgehead atoms. The fraction of sp³-hybridized carbons (Fsp3) is 0.417. The van der Waals surface area contributed by atoms with Gasteiger partial charge in [0.15, 0.2) is 5.92 Å². The molecule has 110 valence electrons. The Bertz CT molecular complexity index is 515. The predicted molar refractivity (Wildman–Crippen MR) is 68.2 cm³/mol. The number of halogens is 4. The number of alkyl halides is 3. The van der Waals surface area contributed by atoms with Gasteiger partial charge in [0.05, 0.1) is 31.0 Å². The number of ether oxygens (including phenoxy) is 2. The van der Waals surface area contributed by atoms with Crippen LogP contribution in [0.4, 0.5) is 18.9 Å². The van der Waals surface area contributed by atoms with Crippen LogP contribution in [0.5, 0.6) is 11.5 Å². The zero-order valence-corrected chi connectivity index (χ0v) is 11.5. The third-order valence-electron chi connectivity index (χ3n) is 2.52. The Labute approximate surface area is 119 Å². The average molecular weight is 309 g/mol. The lowest BCUT2D eigenvalue weighted by Crippen LogP contribution is -2.28. The fourth-order valence-corrected chi connectivity index (χ4v) is 1.69. The molecule has 1 aromatic rings. The maximum atomic E-state index is 12.5. The van der Waals surface area contributed by atoms with Crippen molar-refractivity contribution in [2.24, 2.45) is 5.92 Å². The van der Waals surface area contributed by atoms with Crippen molar-refractivity contribution >= 4 is 17.3 Å². The van der Waals surface area contributed by atoms with Crippen molar-refractivity contribution < 1.29 is 22.6 Å². The number of nitriles is 1. The van der Waals surface area contributed by atoms with Crippen LogP contribution in [0.25, 0.3) is 0 Å². The van der Waals surface area contributed by atoms with Crippen LogP contribution in [0.1, 0.15) is 0 Å². The molecule has 1 rings (SSSR count). The van der Waals surface area contributed by atoms with Gasteiger partial charge in [-0.2, -0.15) is 18.4 Å². The molecule has 0 spiro atoms. The van der Waals surface area contributed by atoms with Gasteiger partial charge in [-0.05, 0) is 6.07 Å². The molecular weight excluding hydrogens is 297 g/mol. The number of hydrogen-bond acceptors (Lipinski definition) is 4. The van der Waals surface area contributed by atoms with Gasteiger partial charge in [-0.15, -0.1) is 0 Å². The fourth-order valence-electron chi connectivity index (χ4n) is 1.44. The Morgan fingerprint density at radius 3 is 2.35 bits per heavy atom. The number of methoxy groups -OCH3 is 2. The van der Waals surface area contributed by atoms with Gasteiger partial charge in [0.2, 0.25) is 0 Å². The average Bonchev–Trinajstić information content (AvgIpc) is 2.38. The summed E-state index contributed by atoms with van der Waals surface area (Å²) in [6.45, 7) is -0.598. The molecule has 0 fully saturated rings. The molecule has 0 saturated carbocycles. The number of benzene rings is 1. The minimum absolute atomic E-state index is 0.219. The number of anilines is 1. The molecule has 0 aliphatic carbocycles. The molecule has 1 unspecified atom stereocenters. The van der Waals surface area contributed by atoms with E-state index in [2.05, 4.69) is 5.32 Å². The normalized spacial score (nSPS) is 12.4. The van der Waals surface area contributed by atoms with E-state index in [1.165, 1.54) is 32.4 Å². The van der Waals surface area contributed by atoms with Crippen molar-refractivity contribution in [1.82, 2.24) is 0 Å². The summed E-state index contributed by atoms with van der Waals surface area (Å²) in [6, 6.07) is 4.02. The van der Waals surface area contributed by atoms with Crippen LogP contribution in [0.15, 0.2) is 12.1 Å². The molecule has 20 heavy (non-hydrogen) atoms. The second-order valence-electron chi connectivity index (χ2n) is 3.79. The van der Waals surface area contributed by atoms with Crippen LogP contribution in [-0.4, -0.2) is 26.9 Å². The van der Waals surface area contributed by atoms with Crippen molar-refractivity contribution in [3.63, 3.8) is 0 Å². The summed E-state index contributed by atoms with van der Waals surface area (Å²) in [5.74, 6) is -1.51. The van der Waals surface area contributed by atoms with Gasteiger partial charge in [-0.25, -0.2) is 0 Å². The van der Waals surface area contributed by atoms with E-state index in [-0.39, 0.29) is 16.5 Å². The zero-order valence-electron chi connectivity index (χ0n) is 10.7. The first-order chi connectivity index (χ1) is 9.33. The Morgan fingerprint density at radius 2 is 1.90 bits per heavy atom. The van der Waals surface area contributed by atoms with Crippen molar-refractivity contribution in [3.8, 4) is 17.6 Å². The summed E-state index contributed by atoms with van der Waals surface area (Å²) in [7, 11) is 2.77.